The highest BCUT2D eigenvalue weighted by molar-refractivity contribution is 9.10. The summed E-state index contributed by atoms with van der Waals surface area (Å²) in [6.07, 6.45) is 2.87. The van der Waals surface area contributed by atoms with Crippen LogP contribution in [0.2, 0.25) is 0 Å². The Morgan fingerprint density at radius 2 is 1.80 bits per heavy atom. The largest absolute Gasteiger partial charge is 0.488 e. The van der Waals surface area contributed by atoms with Gasteiger partial charge in [0.05, 0.1) is 17.7 Å². The van der Waals surface area contributed by atoms with Crippen molar-refractivity contribution in [3.8, 4) is 17.1 Å². The molecule has 3 aromatic rings. The third kappa shape index (κ3) is 4.91. The molecule has 0 aliphatic carbocycles. The van der Waals surface area contributed by atoms with Gasteiger partial charge in [-0.3, -0.25) is 0 Å². The molecule has 0 unspecified atom stereocenters. The number of rotatable bonds is 8. The molecule has 30 heavy (non-hydrogen) atoms. The summed E-state index contributed by atoms with van der Waals surface area (Å²) in [6.45, 7) is 4.21. The van der Waals surface area contributed by atoms with Gasteiger partial charge in [0.1, 0.15) is 29.3 Å². The summed E-state index contributed by atoms with van der Waals surface area (Å²) in [5.41, 5.74) is 1.64. The van der Waals surface area contributed by atoms with Gasteiger partial charge in [0.15, 0.2) is 0 Å². The summed E-state index contributed by atoms with van der Waals surface area (Å²) in [5.74, 6) is 0.0467. The van der Waals surface area contributed by atoms with Crippen LogP contribution in [0.1, 0.15) is 24.2 Å². The Hall–Kier alpha value is -3.06. The lowest BCUT2D eigenvalue weighted by Crippen LogP contribution is -2.05. The normalized spacial score (nSPS) is 11.0. The molecule has 3 rings (SSSR count). The molecule has 7 heteroatoms. The van der Waals surface area contributed by atoms with E-state index >= 15 is 0 Å². The van der Waals surface area contributed by atoms with E-state index in [1.54, 1.807) is 32.1 Å². The maximum absolute atomic E-state index is 12.7. The van der Waals surface area contributed by atoms with E-state index in [2.05, 4.69) is 15.9 Å². The highest BCUT2D eigenvalue weighted by Gasteiger charge is 2.24. The third-order valence-corrected chi connectivity index (χ3v) is 4.75. The Morgan fingerprint density at radius 3 is 2.50 bits per heavy atom. The zero-order chi connectivity index (χ0) is 21.5. The molecule has 0 bridgehead atoms. The van der Waals surface area contributed by atoms with Crippen molar-refractivity contribution in [3.63, 3.8) is 0 Å². The van der Waals surface area contributed by atoms with Crippen molar-refractivity contribution in [3.05, 3.63) is 64.7 Å². The average Bonchev–Trinajstić information content (AvgIpc) is 3.10. The van der Waals surface area contributed by atoms with Crippen molar-refractivity contribution in [1.29, 1.82) is 0 Å². The molecule has 0 spiro atoms. The van der Waals surface area contributed by atoms with E-state index in [-0.39, 0.29) is 13.2 Å². The highest BCUT2D eigenvalue weighted by Crippen LogP contribution is 2.39. The predicted octanol–water partition coefficient (Wildman–Crippen LogP) is 5.54. The molecule has 0 atom stereocenters. The Kier molecular flexibility index (Phi) is 7.30. The Labute approximate surface area is 182 Å². The minimum Gasteiger partial charge on any atom is -0.488 e. The van der Waals surface area contributed by atoms with Crippen molar-refractivity contribution in [1.82, 2.24) is 0 Å². The number of fused-ring (bicyclic) bond motifs is 1. The first kappa shape index (κ1) is 21.6. The minimum absolute atomic E-state index is 0.154. The van der Waals surface area contributed by atoms with E-state index < -0.39 is 11.9 Å². The first-order chi connectivity index (χ1) is 14.5. The van der Waals surface area contributed by atoms with Crippen LogP contribution in [0.3, 0.4) is 0 Å². The smallest absolute Gasteiger partial charge is 0.342 e. The van der Waals surface area contributed by atoms with Gasteiger partial charge < -0.3 is 18.6 Å². The van der Waals surface area contributed by atoms with Gasteiger partial charge in [-0.1, -0.05) is 30.3 Å². The average molecular weight is 473 g/mol. The standard InChI is InChI=1S/C23H21BrO6/c1-3-27-20(25)11-8-12-29-19-13-16-18(14-17(19)24)30-22(15-9-6-5-7-10-15)21(16)23(26)28-4-2/h5-11,13-14H,3-4,12H2,1-2H3. The molecule has 0 N–H and O–H groups in total. The molecular weight excluding hydrogens is 452 g/mol. The van der Waals surface area contributed by atoms with E-state index in [0.29, 0.717) is 39.1 Å². The van der Waals surface area contributed by atoms with Gasteiger partial charge in [0, 0.05) is 17.0 Å². The molecule has 2 aromatic carbocycles. The Bertz CT molecular complexity index is 1070. The number of furan rings is 1. The van der Waals surface area contributed by atoms with Crippen molar-refractivity contribution < 1.29 is 28.2 Å². The summed E-state index contributed by atoms with van der Waals surface area (Å²) in [7, 11) is 0. The topological polar surface area (TPSA) is 75.0 Å². The van der Waals surface area contributed by atoms with Crippen LogP contribution in [0.25, 0.3) is 22.3 Å². The van der Waals surface area contributed by atoms with Crippen LogP contribution in [0.5, 0.6) is 5.75 Å². The van der Waals surface area contributed by atoms with Crippen molar-refractivity contribution in [2.45, 2.75) is 13.8 Å². The van der Waals surface area contributed by atoms with Gasteiger partial charge in [-0.2, -0.15) is 0 Å². The van der Waals surface area contributed by atoms with Crippen LogP contribution in [0, 0.1) is 0 Å². The number of hydrogen-bond donors (Lipinski definition) is 0. The van der Waals surface area contributed by atoms with E-state index in [1.165, 1.54) is 6.08 Å². The SMILES string of the molecule is CCOC(=O)C=CCOc1cc2c(C(=O)OCC)c(-c3ccccc3)oc2cc1Br. The molecule has 0 fully saturated rings. The Morgan fingerprint density at radius 1 is 1.07 bits per heavy atom. The zero-order valence-corrected chi connectivity index (χ0v) is 18.2. The molecule has 1 heterocycles. The fourth-order valence-corrected chi connectivity index (χ4v) is 3.32. The van der Waals surface area contributed by atoms with Gasteiger partial charge in [-0.15, -0.1) is 0 Å². The lowest BCUT2D eigenvalue weighted by Gasteiger charge is -2.07. The fraction of sp³-hybridized carbons (Fsp3) is 0.217. The second-order valence-corrected chi connectivity index (χ2v) is 6.99. The summed E-state index contributed by atoms with van der Waals surface area (Å²) in [5, 5.41) is 0.583. The maximum Gasteiger partial charge on any atom is 0.342 e. The number of ether oxygens (including phenoxy) is 3. The molecule has 1 aromatic heterocycles. The third-order valence-electron chi connectivity index (χ3n) is 4.13. The van der Waals surface area contributed by atoms with Crippen molar-refractivity contribution in [2.24, 2.45) is 0 Å². The number of hydrogen-bond acceptors (Lipinski definition) is 6. The van der Waals surface area contributed by atoms with E-state index in [4.69, 9.17) is 18.6 Å². The molecule has 0 radical (unpaired) electrons. The summed E-state index contributed by atoms with van der Waals surface area (Å²) >= 11 is 3.46. The first-order valence-electron chi connectivity index (χ1n) is 9.49. The van der Waals surface area contributed by atoms with Gasteiger partial charge >= 0.3 is 11.9 Å². The van der Waals surface area contributed by atoms with Crippen LogP contribution < -0.4 is 4.74 Å². The number of benzene rings is 2. The predicted molar refractivity (Wildman–Crippen MR) is 117 cm³/mol. The van der Waals surface area contributed by atoms with Crippen molar-refractivity contribution in [2.75, 3.05) is 19.8 Å². The van der Waals surface area contributed by atoms with Crippen LogP contribution in [0.4, 0.5) is 0 Å². The summed E-state index contributed by atoms with van der Waals surface area (Å²) in [6, 6.07) is 12.8. The van der Waals surface area contributed by atoms with Crippen LogP contribution in [-0.2, 0) is 14.3 Å². The van der Waals surface area contributed by atoms with Gasteiger partial charge in [-0.05, 0) is 48.0 Å². The highest BCUT2D eigenvalue weighted by atomic mass is 79.9. The molecule has 156 valence electrons. The lowest BCUT2D eigenvalue weighted by atomic mass is 10.1. The number of esters is 2. The molecule has 0 aliphatic rings. The molecule has 0 amide bonds. The van der Waals surface area contributed by atoms with E-state index in [1.807, 2.05) is 30.3 Å². The van der Waals surface area contributed by atoms with Gasteiger partial charge in [-0.25, -0.2) is 9.59 Å². The number of halogens is 1. The van der Waals surface area contributed by atoms with Gasteiger partial charge in [0.25, 0.3) is 0 Å². The van der Waals surface area contributed by atoms with Crippen LogP contribution >= 0.6 is 15.9 Å². The van der Waals surface area contributed by atoms with E-state index in [9.17, 15) is 9.59 Å². The number of carbonyl (C=O) groups is 2. The lowest BCUT2D eigenvalue weighted by molar-refractivity contribution is -0.137. The quantitative estimate of drug-likeness (QED) is 0.316. The zero-order valence-electron chi connectivity index (χ0n) is 16.6. The second kappa shape index (κ2) is 10.1. The molecule has 0 aliphatic heterocycles. The first-order valence-corrected chi connectivity index (χ1v) is 10.3. The summed E-state index contributed by atoms with van der Waals surface area (Å²) < 4.78 is 22.5. The molecule has 0 saturated carbocycles. The molecule has 0 saturated heterocycles. The summed E-state index contributed by atoms with van der Waals surface area (Å²) in [4.78, 5) is 24.1. The molecular formula is C23H21BrO6. The second-order valence-electron chi connectivity index (χ2n) is 6.14. The maximum atomic E-state index is 12.7. The number of carbonyl (C=O) groups excluding carboxylic acids is 2. The van der Waals surface area contributed by atoms with Gasteiger partial charge in [0.2, 0.25) is 0 Å². The van der Waals surface area contributed by atoms with E-state index in [0.717, 1.165) is 5.56 Å². The fourth-order valence-electron chi connectivity index (χ4n) is 2.88. The van der Waals surface area contributed by atoms with Crippen LogP contribution in [-0.4, -0.2) is 31.8 Å². The minimum atomic E-state index is -0.467. The monoisotopic (exact) mass is 472 g/mol. The van der Waals surface area contributed by atoms with Crippen LogP contribution in [0.15, 0.2) is 63.5 Å². The Balaban J connectivity index is 1.98. The van der Waals surface area contributed by atoms with Crippen molar-refractivity contribution >= 4 is 38.8 Å². The molecule has 6 nitrogen and oxygen atoms in total.